The van der Waals surface area contributed by atoms with Gasteiger partial charge in [-0.3, -0.25) is 19.5 Å². The standard InChI is InChI=1S/C6H7NO2.CH5NO3S/c1-3-5(8)7-6(9)4-2;2-1-6(3,4)5/h3-4H,1-2H2,(H,7,8,9);1-2H2,(H,3,4,5). The molecular formula is C7H12N2O5S. The summed E-state index contributed by atoms with van der Waals surface area (Å²) in [7, 11) is -3.88. The highest BCUT2D eigenvalue weighted by Gasteiger charge is 1.96. The summed E-state index contributed by atoms with van der Waals surface area (Å²) in [6.45, 7) is 6.30. The van der Waals surface area contributed by atoms with Crippen LogP contribution in [0.2, 0.25) is 0 Å². The van der Waals surface area contributed by atoms with Gasteiger partial charge in [-0.2, -0.15) is 8.42 Å². The van der Waals surface area contributed by atoms with E-state index in [0.29, 0.717) is 0 Å². The molecule has 0 aromatic rings. The lowest BCUT2D eigenvalue weighted by Crippen LogP contribution is -2.26. The summed E-state index contributed by atoms with van der Waals surface area (Å²) >= 11 is 0. The molecule has 0 spiro atoms. The van der Waals surface area contributed by atoms with Gasteiger partial charge in [0.15, 0.2) is 0 Å². The minimum Gasteiger partial charge on any atom is -0.316 e. The molecule has 0 unspecified atom stereocenters. The number of nitrogens with two attached hydrogens (primary N) is 1. The highest BCUT2D eigenvalue weighted by molar-refractivity contribution is 7.85. The Labute approximate surface area is 87.4 Å². The highest BCUT2D eigenvalue weighted by Crippen LogP contribution is 1.68. The van der Waals surface area contributed by atoms with E-state index in [4.69, 9.17) is 4.55 Å². The predicted octanol–water partition coefficient (Wildman–Crippen LogP) is -1.21. The van der Waals surface area contributed by atoms with Crippen LogP contribution in [0.15, 0.2) is 25.3 Å². The quantitative estimate of drug-likeness (QED) is 0.417. The Bertz CT molecular complexity index is 328. The minimum atomic E-state index is -3.88. The lowest BCUT2D eigenvalue weighted by molar-refractivity contribution is -0.125. The van der Waals surface area contributed by atoms with Crippen molar-refractivity contribution in [1.82, 2.24) is 5.32 Å². The van der Waals surface area contributed by atoms with Crippen LogP contribution in [0.5, 0.6) is 0 Å². The number of hydrogen-bond donors (Lipinski definition) is 3. The maximum absolute atomic E-state index is 10.3. The first kappa shape index (κ1) is 15.9. The van der Waals surface area contributed by atoms with Gasteiger partial charge in [0.25, 0.3) is 10.1 Å². The molecule has 0 saturated heterocycles. The average Bonchev–Trinajstić information content (AvgIpc) is 2.17. The third kappa shape index (κ3) is 15.3. The van der Waals surface area contributed by atoms with Gasteiger partial charge in [-0.15, -0.1) is 0 Å². The second-order valence-electron chi connectivity index (χ2n) is 2.01. The van der Waals surface area contributed by atoms with E-state index in [0.717, 1.165) is 12.2 Å². The second-order valence-corrected chi connectivity index (χ2v) is 3.51. The van der Waals surface area contributed by atoms with Gasteiger partial charge < -0.3 is 5.73 Å². The minimum absolute atomic E-state index is 0.514. The number of hydrogen-bond acceptors (Lipinski definition) is 5. The summed E-state index contributed by atoms with van der Waals surface area (Å²) in [5, 5.41) is 1.97. The first-order chi connectivity index (χ1) is 6.76. The summed E-state index contributed by atoms with van der Waals surface area (Å²) in [5.74, 6) is -1.73. The maximum atomic E-state index is 10.3. The normalized spacial score (nSPS) is 9.20. The molecule has 4 N–H and O–H groups in total. The molecule has 0 saturated carbocycles. The fourth-order valence-corrected chi connectivity index (χ4v) is 0.223. The lowest BCUT2D eigenvalue weighted by atomic mass is 10.5. The molecule has 0 aliphatic heterocycles. The van der Waals surface area contributed by atoms with Crippen molar-refractivity contribution in [2.45, 2.75) is 0 Å². The van der Waals surface area contributed by atoms with Crippen molar-refractivity contribution >= 4 is 21.9 Å². The summed E-state index contributed by atoms with van der Waals surface area (Å²) in [6, 6.07) is 0. The summed E-state index contributed by atoms with van der Waals surface area (Å²) in [6.07, 6.45) is 2.03. The zero-order chi connectivity index (χ0) is 12.5. The summed E-state index contributed by atoms with van der Waals surface area (Å²) in [5.41, 5.74) is 4.47. The van der Waals surface area contributed by atoms with Gasteiger partial charge in [0.1, 0.15) is 5.88 Å². The second kappa shape index (κ2) is 7.85. The summed E-state index contributed by atoms with van der Waals surface area (Å²) < 4.78 is 26.5. The third-order valence-corrected chi connectivity index (χ3v) is 1.25. The Kier molecular flexibility index (Phi) is 8.35. The van der Waals surface area contributed by atoms with Crippen molar-refractivity contribution in [3.05, 3.63) is 25.3 Å². The molecule has 15 heavy (non-hydrogen) atoms. The predicted molar refractivity (Wildman–Crippen MR) is 54.1 cm³/mol. The number of carbonyl (C=O) groups excluding carboxylic acids is 2. The van der Waals surface area contributed by atoms with E-state index in [1.54, 1.807) is 0 Å². The highest BCUT2D eigenvalue weighted by atomic mass is 32.2. The number of amides is 2. The third-order valence-electron chi connectivity index (χ3n) is 0.828. The molecule has 0 aliphatic rings. The van der Waals surface area contributed by atoms with Crippen LogP contribution in [0.1, 0.15) is 0 Å². The number of nitrogens with one attached hydrogen (secondary N) is 1. The first-order valence-corrected chi connectivity index (χ1v) is 5.12. The van der Waals surface area contributed by atoms with Gasteiger partial charge in [0.05, 0.1) is 0 Å². The zero-order valence-corrected chi connectivity index (χ0v) is 8.66. The molecule has 0 aliphatic carbocycles. The molecule has 0 heterocycles. The monoisotopic (exact) mass is 236 g/mol. The first-order valence-electron chi connectivity index (χ1n) is 3.51. The van der Waals surface area contributed by atoms with Crippen LogP contribution >= 0.6 is 0 Å². The van der Waals surface area contributed by atoms with E-state index in [9.17, 15) is 18.0 Å². The van der Waals surface area contributed by atoms with Crippen molar-refractivity contribution in [3.63, 3.8) is 0 Å². The van der Waals surface area contributed by atoms with Crippen molar-refractivity contribution in [3.8, 4) is 0 Å². The Morgan fingerprint density at radius 1 is 1.27 bits per heavy atom. The topological polar surface area (TPSA) is 127 Å². The number of rotatable bonds is 3. The lowest BCUT2D eigenvalue weighted by Gasteiger charge is -1.91. The Hall–Kier alpha value is -1.51. The SMILES string of the molecule is C=CC(=O)NC(=O)C=C.NCS(=O)(=O)O. The molecule has 0 fully saturated rings. The molecule has 7 nitrogen and oxygen atoms in total. The zero-order valence-electron chi connectivity index (χ0n) is 7.84. The average molecular weight is 236 g/mol. The molecule has 0 aromatic carbocycles. The van der Waals surface area contributed by atoms with E-state index in [1.165, 1.54) is 0 Å². The fraction of sp³-hybridized carbons (Fsp3) is 0.143. The molecular weight excluding hydrogens is 224 g/mol. The Balaban J connectivity index is 0. The molecule has 2 amide bonds. The van der Waals surface area contributed by atoms with Crippen LogP contribution in [0.3, 0.4) is 0 Å². The largest absolute Gasteiger partial charge is 0.316 e. The van der Waals surface area contributed by atoms with Crippen LogP contribution < -0.4 is 11.1 Å². The van der Waals surface area contributed by atoms with Crippen LogP contribution in [-0.4, -0.2) is 30.7 Å². The van der Waals surface area contributed by atoms with Crippen molar-refractivity contribution in [2.24, 2.45) is 5.73 Å². The van der Waals surface area contributed by atoms with E-state index >= 15 is 0 Å². The van der Waals surface area contributed by atoms with Crippen molar-refractivity contribution in [2.75, 3.05) is 5.88 Å². The molecule has 86 valence electrons. The van der Waals surface area contributed by atoms with Gasteiger partial charge in [-0.25, -0.2) is 0 Å². The van der Waals surface area contributed by atoms with Gasteiger partial charge in [0.2, 0.25) is 11.8 Å². The van der Waals surface area contributed by atoms with E-state index in [1.807, 2.05) is 5.32 Å². The van der Waals surface area contributed by atoms with Crippen LogP contribution in [0, 0.1) is 0 Å². The van der Waals surface area contributed by atoms with Crippen molar-refractivity contribution in [1.29, 1.82) is 0 Å². The van der Waals surface area contributed by atoms with Gasteiger partial charge >= 0.3 is 0 Å². The molecule has 0 rings (SSSR count). The Morgan fingerprint density at radius 2 is 1.53 bits per heavy atom. The smallest absolute Gasteiger partial charge is 0.277 e. The van der Waals surface area contributed by atoms with E-state index in [2.05, 4.69) is 18.9 Å². The maximum Gasteiger partial charge on any atom is 0.277 e. The molecule has 0 atom stereocenters. The van der Waals surface area contributed by atoms with E-state index < -0.39 is 27.8 Å². The van der Waals surface area contributed by atoms with Crippen LogP contribution in [0.4, 0.5) is 0 Å². The molecule has 0 radical (unpaired) electrons. The van der Waals surface area contributed by atoms with Gasteiger partial charge in [-0.1, -0.05) is 13.2 Å². The fourth-order valence-electron chi connectivity index (χ4n) is 0.223. The van der Waals surface area contributed by atoms with E-state index in [-0.39, 0.29) is 0 Å². The van der Waals surface area contributed by atoms with Crippen LogP contribution in [-0.2, 0) is 19.7 Å². The number of imide groups is 1. The Morgan fingerprint density at radius 3 is 1.67 bits per heavy atom. The van der Waals surface area contributed by atoms with Gasteiger partial charge in [0, 0.05) is 0 Å². The van der Waals surface area contributed by atoms with Gasteiger partial charge in [-0.05, 0) is 12.2 Å². The molecule has 8 heteroatoms. The van der Waals surface area contributed by atoms with Crippen molar-refractivity contribution < 1.29 is 22.6 Å². The number of carbonyl (C=O) groups is 2. The molecule has 0 bridgehead atoms. The van der Waals surface area contributed by atoms with Crippen LogP contribution in [0.25, 0.3) is 0 Å². The molecule has 0 aromatic heterocycles. The summed E-state index contributed by atoms with van der Waals surface area (Å²) in [4.78, 5) is 20.6.